The molecule has 0 bridgehead atoms. The van der Waals surface area contributed by atoms with Gasteiger partial charge in [-0.1, -0.05) is 76.9 Å². The number of hydrogen-bond donors (Lipinski definition) is 0. The highest BCUT2D eigenvalue weighted by atomic mass is 79.9. The minimum atomic E-state index is 0.292. The van der Waals surface area contributed by atoms with Gasteiger partial charge in [0.1, 0.15) is 0 Å². The van der Waals surface area contributed by atoms with Gasteiger partial charge in [0.05, 0.1) is 0 Å². The first-order chi connectivity index (χ1) is 9.84. The van der Waals surface area contributed by atoms with Crippen LogP contribution in [-0.2, 0) is 12.8 Å². The first-order valence-corrected chi connectivity index (χ1v) is 8.92. The molecule has 112 valence electrons. The molecule has 0 aromatic heterocycles. The Kier molecular flexibility index (Phi) is 5.67. The minimum absolute atomic E-state index is 0.292. The van der Waals surface area contributed by atoms with Crippen molar-refractivity contribution in [3.8, 4) is 0 Å². The van der Waals surface area contributed by atoms with Crippen LogP contribution in [0.2, 0.25) is 0 Å². The Hall–Kier alpha value is -0.600. The van der Waals surface area contributed by atoms with Crippen molar-refractivity contribution in [1.82, 2.24) is 0 Å². The molecule has 0 aliphatic heterocycles. The molecular formula is C19H22Br2. The van der Waals surface area contributed by atoms with E-state index in [9.17, 15) is 0 Å². The van der Waals surface area contributed by atoms with E-state index in [0.717, 1.165) is 21.8 Å². The van der Waals surface area contributed by atoms with Gasteiger partial charge < -0.3 is 0 Å². The van der Waals surface area contributed by atoms with Crippen LogP contribution in [0.15, 0.2) is 57.5 Å². The van der Waals surface area contributed by atoms with Crippen molar-refractivity contribution in [2.75, 3.05) is 0 Å². The topological polar surface area (TPSA) is 0 Å². The summed E-state index contributed by atoms with van der Waals surface area (Å²) in [4.78, 5) is 0. The Balaban J connectivity index is 2.15. The van der Waals surface area contributed by atoms with E-state index in [1.165, 1.54) is 11.1 Å². The minimum Gasteiger partial charge on any atom is -0.0599 e. The van der Waals surface area contributed by atoms with Crippen molar-refractivity contribution in [2.45, 2.75) is 33.6 Å². The van der Waals surface area contributed by atoms with Gasteiger partial charge in [-0.15, -0.1) is 0 Å². The van der Waals surface area contributed by atoms with Gasteiger partial charge in [-0.05, 0) is 59.6 Å². The summed E-state index contributed by atoms with van der Waals surface area (Å²) in [7, 11) is 0. The quantitative estimate of drug-likeness (QED) is 0.529. The van der Waals surface area contributed by atoms with Crippen LogP contribution in [0.4, 0.5) is 0 Å². The molecule has 2 rings (SSSR count). The molecule has 0 saturated carbocycles. The lowest BCUT2D eigenvalue weighted by atomic mass is 9.74. The van der Waals surface area contributed by atoms with Gasteiger partial charge in [0.2, 0.25) is 0 Å². The highest BCUT2D eigenvalue weighted by Crippen LogP contribution is 2.32. The maximum Gasteiger partial charge on any atom is 0.0175 e. The van der Waals surface area contributed by atoms with Gasteiger partial charge in [0, 0.05) is 8.95 Å². The predicted molar refractivity (Wildman–Crippen MR) is 98.6 cm³/mol. The van der Waals surface area contributed by atoms with Gasteiger partial charge >= 0.3 is 0 Å². The summed E-state index contributed by atoms with van der Waals surface area (Å²) in [5.74, 6) is 0.625. The zero-order valence-corrected chi connectivity index (χ0v) is 16.0. The van der Waals surface area contributed by atoms with Crippen LogP contribution in [-0.4, -0.2) is 0 Å². The molecule has 0 heterocycles. The first kappa shape index (κ1) is 16.8. The second-order valence-electron chi connectivity index (χ2n) is 6.72. The zero-order valence-electron chi connectivity index (χ0n) is 12.9. The molecule has 2 aromatic rings. The standard InChI is InChI=1S/C19H22Br2/c1-19(2,3)16(12-14-4-8-17(20)9-5-14)13-15-6-10-18(21)11-7-15/h4-11,16H,12-13H2,1-3H3. The van der Waals surface area contributed by atoms with Crippen LogP contribution in [0.3, 0.4) is 0 Å². The van der Waals surface area contributed by atoms with Crippen LogP contribution < -0.4 is 0 Å². The summed E-state index contributed by atoms with van der Waals surface area (Å²) < 4.78 is 2.29. The largest absolute Gasteiger partial charge is 0.0599 e. The lowest BCUT2D eigenvalue weighted by Gasteiger charge is -2.31. The van der Waals surface area contributed by atoms with Crippen LogP contribution >= 0.6 is 31.9 Å². The van der Waals surface area contributed by atoms with E-state index in [0.29, 0.717) is 11.3 Å². The fraction of sp³-hybridized carbons (Fsp3) is 0.368. The molecule has 21 heavy (non-hydrogen) atoms. The summed E-state index contributed by atoms with van der Waals surface area (Å²) in [5.41, 5.74) is 3.12. The third-order valence-corrected chi connectivity index (χ3v) is 5.07. The van der Waals surface area contributed by atoms with Gasteiger partial charge in [-0.25, -0.2) is 0 Å². The smallest absolute Gasteiger partial charge is 0.0175 e. The molecule has 2 heteroatoms. The summed E-state index contributed by atoms with van der Waals surface area (Å²) in [5, 5.41) is 0. The summed E-state index contributed by atoms with van der Waals surface area (Å²) in [6, 6.07) is 17.4. The monoisotopic (exact) mass is 408 g/mol. The molecule has 0 nitrogen and oxygen atoms in total. The fourth-order valence-corrected chi connectivity index (χ4v) is 3.02. The Morgan fingerprint density at radius 1 is 0.714 bits per heavy atom. The van der Waals surface area contributed by atoms with E-state index in [1.807, 2.05) is 0 Å². The van der Waals surface area contributed by atoms with E-state index in [2.05, 4.69) is 101 Å². The first-order valence-electron chi connectivity index (χ1n) is 7.33. The van der Waals surface area contributed by atoms with Crippen LogP contribution in [0.5, 0.6) is 0 Å². The molecule has 0 N–H and O–H groups in total. The summed E-state index contributed by atoms with van der Waals surface area (Å²) >= 11 is 7.01. The lowest BCUT2D eigenvalue weighted by molar-refractivity contribution is 0.237. The normalized spacial score (nSPS) is 11.9. The van der Waals surface area contributed by atoms with E-state index < -0.39 is 0 Å². The predicted octanol–water partition coefficient (Wildman–Crippen LogP) is 6.66. The zero-order chi connectivity index (χ0) is 15.5. The molecule has 0 aliphatic rings. The molecular weight excluding hydrogens is 388 g/mol. The van der Waals surface area contributed by atoms with Crippen LogP contribution in [0, 0.1) is 11.3 Å². The maximum absolute atomic E-state index is 3.51. The molecule has 0 aliphatic carbocycles. The maximum atomic E-state index is 3.51. The van der Waals surface area contributed by atoms with Crippen LogP contribution in [0.25, 0.3) is 0 Å². The van der Waals surface area contributed by atoms with Crippen molar-refractivity contribution in [3.63, 3.8) is 0 Å². The van der Waals surface area contributed by atoms with Gasteiger partial charge in [0.15, 0.2) is 0 Å². The number of rotatable bonds is 4. The Morgan fingerprint density at radius 3 is 1.33 bits per heavy atom. The SMILES string of the molecule is CC(C)(C)C(Cc1ccc(Br)cc1)Cc1ccc(Br)cc1. The molecule has 0 spiro atoms. The van der Waals surface area contributed by atoms with Crippen molar-refractivity contribution in [1.29, 1.82) is 0 Å². The molecule has 2 aromatic carbocycles. The van der Waals surface area contributed by atoms with Crippen molar-refractivity contribution in [2.24, 2.45) is 11.3 Å². The fourth-order valence-electron chi connectivity index (χ4n) is 2.49. The van der Waals surface area contributed by atoms with E-state index in [-0.39, 0.29) is 0 Å². The molecule has 0 radical (unpaired) electrons. The third kappa shape index (κ3) is 5.27. The highest BCUT2D eigenvalue weighted by molar-refractivity contribution is 9.10. The second kappa shape index (κ2) is 7.11. The van der Waals surface area contributed by atoms with Gasteiger partial charge in [0.25, 0.3) is 0 Å². The number of hydrogen-bond acceptors (Lipinski definition) is 0. The molecule has 0 unspecified atom stereocenters. The Morgan fingerprint density at radius 2 is 1.05 bits per heavy atom. The van der Waals surface area contributed by atoms with Gasteiger partial charge in [-0.2, -0.15) is 0 Å². The van der Waals surface area contributed by atoms with Crippen LogP contribution in [0.1, 0.15) is 31.9 Å². The third-order valence-electron chi connectivity index (χ3n) is 4.02. The van der Waals surface area contributed by atoms with Crippen molar-refractivity contribution < 1.29 is 0 Å². The van der Waals surface area contributed by atoms with E-state index in [1.54, 1.807) is 0 Å². The molecule has 0 amide bonds. The second-order valence-corrected chi connectivity index (χ2v) is 8.56. The summed E-state index contributed by atoms with van der Waals surface area (Å²) in [6.07, 6.45) is 2.24. The van der Waals surface area contributed by atoms with Crippen molar-refractivity contribution >= 4 is 31.9 Å². The molecule has 0 saturated heterocycles. The van der Waals surface area contributed by atoms with E-state index >= 15 is 0 Å². The number of halogens is 2. The number of benzene rings is 2. The Bertz CT molecular complexity index is 515. The van der Waals surface area contributed by atoms with Gasteiger partial charge in [-0.3, -0.25) is 0 Å². The van der Waals surface area contributed by atoms with Crippen molar-refractivity contribution in [3.05, 3.63) is 68.6 Å². The average Bonchev–Trinajstić information content (AvgIpc) is 2.42. The molecule has 0 fully saturated rings. The lowest BCUT2D eigenvalue weighted by Crippen LogP contribution is -2.25. The van der Waals surface area contributed by atoms with E-state index in [4.69, 9.17) is 0 Å². The summed E-state index contributed by atoms with van der Waals surface area (Å²) in [6.45, 7) is 7.03. The average molecular weight is 410 g/mol. The Labute approximate surface area is 145 Å². The highest BCUT2D eigenvalue weighted by Gasteiger charge is 2.25. The molecule has 0 atom stereocenters.